The number of amides is 2. The average Bonchev–Trinajstić information content (AvgIpc) is 2.77. The van der Waals surface area contributed by atoms with Gasteiger partial charge < -0.3 is 4.74 Å². The number of hydrogen-bond donors (Lipinski definition) is 2. The van der Waals surface area contributed by atoms with Crippen molar-refractivity contribution in [2.24, 2.45) is 0 Å². The largest absolute Gasteiger partial charge is 0.483 e. The van der Waals surface area contributed by atoms with Crippen molar-refractivity contribution >= 4 is 17.5 Å². The summed E-state index contributed by atoms with van der Waals surface area (Å²) in [5.74, 6) is -0.835. The van der Waals surface area contributed by atoms with Gasteiger partial charge in [-0.2, -0.15) is 0 Å². The third-order valence-electron chi connectivity index (χ3n) is 4.23. The van der Waals surface area contributed by atoms with E-state index in [1.165, 1.54) is 24.3 Å². The zero-order valence-corrected chi connectivity index (χ0v) is 15.9. The second-order valence-corrected chi connectivity index (χ2v) is 6.34. The summed E-state index contributed by atoms with van der Waals surface area (Å²) in [6, 6.07) is 22.7. The number of nitro benzene ring substituents is 1. The summed E-state index contributed by atoms with van der Waals surface area (Å²) in [6.07, 6.45) is 0.646. The van der Waals surface area contributed by atoms with Gasteiger partial charge >= 0.3 is 0 Å². The molecule has 0 atom stereocenters. The van der Waals surface area contributed by atoms with Gasteiger partial charge in [-0.15, -0.1) is 0 Å². The molecule has 0 aliphatic carbocycles. The minimum atomic E-state index is -0.792. The van der Waals surface area contributed by atoms with Crippen molar-refractivity contribution in [2.75, 3.05) is 6.61 Å². The zero-order valence-electron chi connectivity index (χ0n) is 15.9. The van der Waals surface area contributed by atoms with Crippen LogP contribution in [0.2, 0.25) is 0 Å². The fourth-order valence-corrected chi connectivity index (χ4v) is 2.80. The highest BCUT2D eigenvalue weighted by Gasteiger charge is 2.19. The first kappa shape index (κ1) is 20.5. The Balaban J connectivity index is 1.56. The van der Waals surface area contributed by atoms with E-state index in [1.54, 1.807) is 12.1 Å². The Hall–Kier alpha value is -4.20. The van der Waals surface area contributed by atoms with E-state index < -0.39 is 16.7 Å². The molecule has 3 rings (SSSR count). The monoisotopic (exact) mass is 405 g/mol. The van der Waals surface area contributed by atoms with Crippen LogP contribution in [0.5, 0.6) is 5.75 Å². The van der Waals surface area contributed by atoms with E-state index in [-0.39, 0.29) is 17.9 Å². The third kappa shape index (κ3) is 5.41. The quantitative estimate of drug-likeness (QED) is 0.464. The van der Waals surface area contributed by atoms with Crippen LogP contribution in [0.4, 0.5) is 5.69 Å². The molecule has 3 aromatic rings. The number of para-hydroxylation sites is 2. The molecule has 0 aliphatic heterocycles. The van der Waals surface area contributed by atoms with Gasteiger partial charge in [0.2, 0.25) is 0 Å². The minimum absolute atomic E-state index is 0.156. The molecule has 0 bridgehead atoms. The van der Waals surface area contributed by atoms with Gasteiger partial charge in [-0.25, -0.2) is 0 Å². The lowest BCUT2D eigenvalue weighted by Crippen LogP contribution is -2.44. The molecule has 0 unspecified atom stereocenters. The molecule has 2 N–H and O–H groups in total. The van der Waals surface area contributed by atoms with Gasteiger partial charge in [0.25, 0.3) is 17.5 Å². The fraction of sp³-hybridized carbons (Fsp3) is 0.0909. The fourth-order valence-electron chi connectivity index (χ4n) is 2.80. The SMILES string of the molecule is O=C(COc1ccccc1Cc1ccccc1)NNC(=O)c1ccccc1[N+](=O)[O-]. The van der Waals surface area contributed by atoms with Crippen molar-refractivity contribution in [3.05, 3.63) is 106 Å². The zero-order chi connectivity index (χ0) is 21.3. The lowest BCUT2D eigenvalue weighted by atomic mass is 10.0. The van der Waals surface area contributed by atoms with Crippen LogP contribution in [0.1, 0.15) is 21.5 Å². The number of carbonyl (C=O) groups is 2. The molecule has 0 saturated carbocycles. The first-order valence-corrected chi connectivity index (χ1v) is 9.12. The van der Waals surface area contributed by atoms with Gasteiger partial charge in [-0.3, -0.25) is 30.6 Å². The standard InChI is InChI=1S/C22H19N3O5/c26-21(23-24-22(27)18-11-5-6-12-19(18)25(28)29)15-30-20-13-7-4-10-17(20)14-16-8-2-1-3-9-16/h1-13H,14-15H2,(H,23,26)(H,24,27). The first-order chi connectivity index (χ1) is 14.5. The summed E-state index contributed by atoms with van der Waals surface area (Å²) in [6.45, 7) is -0.330. The highest BCUT2D eigenvalue weighted by Crippen LogP contribution is 2.21. The third-order valence-corrected chi connectivity index (χ3v) is 4.23. The Morgan fingerprint density at radius 1 is 0.867 bits per heavy atom. The predicted octanol–water partition coefficient (Wildman–Crippen LogP) is 3.03. The Labute approximate surface area is 172 Å². The Morgan fingerprint density at radius 3 is 2.30 bits per heavy atom. The molecule has 0 radical (unpaired) electrons. The lowest BCUT2D eigenvalue weighted by Gasteiger charge is -2.12. The first-order valence-electron chi connectivity index (χ1n) is 9.12. The molecule has 0 heterocycles. The van der Waals surface area contributed by atoms with Crippen LogP contribution >= 0.6 is 0 Å². The summed E-state index contributed by atoms with van der Waals surface area (Å²) in [7, 11) is 0. The maximum absolute atomic E-state index is 12.1. The molecular formula is C22H19N3O5. The Kier molecular flexibility index (Phi) is 6.73. The molecule has 8 nitrogen and oxygen atoms in total. The number of ether oxygens (including phenoxy) is 1. The van der Waals surface area contributed by atoms with Gasteiger partial charge in [0.15, 0.2) is 6.61 Å². The topological polar surface area (TPSA) is 111 Å². The summed E-state index contributed by atoms with van der Waals surface area (Å²) in [5, 5.41) is 11.0. The van der Waals surface area contributed by atoms with Gasteiger partial charge in [0, 0.05) is 12.5 Å². The number of benzene rings is 3. The number of hydrogen-bond acceptors (Lipinski definition) is 5. The normalized spacial score (nSPS) is 10.1. The van der Waals surface area contributed by atoms with Crippen LogP contribution in [0.25, 0.3) is 0 Å². The van der Waals surface area contributed by atoms with Crippen LogP contribution in [0.3, 0.4) is 0 Å². The molecule has 0 fully saturated rings. The lowest BCUT2D eigenvalue weighted by molar-refractivity contribution is -0.385. The average molecular weight is 405 g/mol. The number of carbonyl (C=O) groups excluding carboxylic acids is 2. The number of nitro groups is 1. The van der Waals surface area contributed by atoms with Gasteiger partial charge in [0.05, 0.1) is 4.92 Å². The van der Waals surface area contributed by atoms with E-state index in [0.717, 1.165) is 11.1 Å². The molecule has 0 aliphatic rings. The van der Waals surface area contributed by atoms with Gasteiger partial charge in [-0.05, 0) is 23.3 Å². The molecule has 30 heavy (non-hydrogen) atoms. The maximum atomic E-state index is 12.1. The number of rotatable bonds is 7. The van der Waals surface area contributed by atoms with E-state index in [1.807, 2.05) is 42.5 Å². The van der Waals surface area contributed by atoms with Gasteiger partial charge in [-0.1, -0.05) is 60.7 Å². The van der Waals surface area contributed by atoms with Crippen LogP contribution in [-0.4, -0.2) is 23.3 Å². The van der Waals surface area contributed by atoms with Crippen molar-refractivity contribution in [2.45, 2.75) is 6.42 Å². The maximum Gasteiger partial charge on any atom is 0.282 e. The van der Waals surface area contributed by atoms with Crippen molar-refractivity contribution in [1.29, 1.82) is 0 Å². The molecule has 0 spiro atoms. The van der Waals surface area contributed by atoms with E-state index in [0.29, 0.717) is 12.2 Å². The molecule has 2 amide bonds. The Morgan fingerprint density at radius 2 is 1.53 bits per heavy atom. The number of nitrogens with zero attached hydrogens (tertiary/aromatic N) is 1. The van der Waals surface area contributed by atoms with Crippen molar-refractivity contribution in [1.82, 2.24) is 10.9 Å². The van der Waals surface area contributed by atoms with Crippen LogP contribution in [-0.2, 0) is 11.2 Å². The molecule has 152 valence electrons. The summed E-state index contributed by atoms with van der Waals surface area (Å²) < 4.78 is 5.60. The predicted molar refractivity (Wildman–Crippen MR) is 110 cm³/mol. The van der Waals surface area contributed by atoms with Crippen molar-refractivity contribution < 1.29 is 19.2 Å². The second kappa shape index (κ2) is 9.83. The molecule has 0 aromatic heterocycles. The Bertz CT molecular complexity index is 1050. The molecule has 8 heteroatoms. The summed E-state index contributed by atoms with van der Waals surface area (Å²) >= 11 is 0. The van der Waals surface area contributed by atoms with Crippen molar-refractivity contribution in [3.8, 4) is 5.75 Å². The minimum Gasteiger partial charge on any atom is -0.483 e. The molecule has 3 aromatic carbocycles. The van der Waals surface area contributed by atoms with E-state index in [4.69, 9.17) is 4.74 Å². The van der Waals surface area contributed by atoms with Crippen LogP contribution < -0.4 is 15.6 Å². The van der Waals surface area contributed by atoms with E-state index in [9.17, 15) is 19.7 Å². The highest BCUT2D eigenvalue weighted by molar-refractivity contribution is 5.99. The number of hydrazine groups is 1. The van der Waals surface area contributed by atoms with Crippen molar-refractivity contribution in [3.63, 3.8) is 0 Å². The van der Waals surface area contributed by atoms with Crippen LogP contribution in [0.15, 0.2) is 78.9 Å². The molecular weight excluding hydrogens is 386 g/mol. The van der Waals surface area contributed by atoms with Crippen LogP contribution in [0, 0.1) is 10.1 Å². The van der Waals surface area contributed by atoms with E-state index >= 15 is 0 Å². The number of nitrogens with one attached hydrogen (secondary N) is 2. The summed E-state index contributed by atoms with van der Waals surface area (Å²) in [5.41, 5.74) is 5.88. The second-order valence-electron chi connectivity index (χ2n) is 6.34. The van der Waals surface area contributed by atoms with Gasteiger partial charge in [0.1, 0.15) is 11.3 Å². The molecule has 0 saturated heterocycles. The highest BCUT2D eigenvalue weighted by atomic mass is 16.6. The summed E-state index contributed by atoms with van der Waals surface area (Å²) in [4.78, 5) is 34.5. The van der Waals surface area contributed by atoms with E-state index in [2.05, 4.69) is 10.9 Å². The smallest absolute Gasteiger partial charge is 0.282 e.